The molecule has 2 amide bonds. The van der Waals surface area contributed by atoms with Crippen molar-refractivity contribution >= 4 is 11.8 Å². The highest BCUT2D eigenvalue weighted by atomic mass is 16.2. The Labute approximate surface area is 103 Å². The quantitative estimate of drug-likeness (QED) is 0.785. The van der Waals surface area contributed by atoms with Crippen molar-refractivity contribution in [1.29, 1.82) is 0 Å². The first-order valence-corrected chi connectivity index (χ1v) is 6.65. The fourth-order valence-electron chi connectivity index (χ4n) is 2.39. The molecule has 0 aromatic heterocycles. The van der Waals surface area contributed by atoms with Crippen molar-refractivity contribution in [3.05, 3.63) is 0 Å². The number of nitrogens with one attached hydrogen (secondary N) is 1. The van der Waals surface area contributed by atoms with E-state index in [0.717, 1.165) is 18.9 Å². The summed E-state index contributed by atoms with van der Waals surface area (Å²) in [4.78, 5) is 25.6. The van der Waals surface area contributed by atoms with E-state index < -0.39 is 5.54 Å². The number of carbonyl (C=O) groups is 2. The molecule has 0 bridgehead atoms. The van der Waals surface area contributed by atoms with Crippen molar-refractivity contribution in [2.45, 2.75) is 51.5 Å². The van der Waals surface area contributed by atoms with Crippen molar-refractivity contribution in [2.75, 3.05) is 13.1 Å². The van der Waals surface area contributed by atoms with E-state index in [1.165, 1.54) is 19.3 Å². The van der Waals surface area contributed by atoms with Gasteiger partial charge in [0.1, 0.15) is 5.54 Å². The van der Waals surface area contributed by atoms with E-state index in [9.17, 15) is 9.59 Å². The fourth-order valence-corrected chi connectivity index (χ4v) is 2.39. The number of carbonyl (C=O) groups excluding carboxylic acids is 2. The minimum Gasteiger partial charge on any atom is -0.340 e. The molecule has 1 atom stereocenters. The summed E-state index contributed by atoms with van der Waals surface area (Å²) in [5.41, 5.74) is -0.686. The summed E-state index contributed by atoms with van der Waals surface area (Å²) in [6.07, 6.45) is 5.58. The zero-order valence-electron chi connectivity index (χ0n) is 10.8. The molecule has 1 saturated carbocycles. The van der Waals surface area contributed by atoms with E-state index in [-0.39, 0.29) is 18.4 Å². The summed E-state index contributed by atoms with van der Waals surface area (Å²) in [6, 6.07) is 0. The van der Waals surface area contributed by atoms with Gasteiger partial charge in [-0.1, -0.05) is 19.8 Å². The summed E-state index contributed by atoms with van der Waals surface area (Å²) >= 11 is 0. The molecule has 0 aromatic rings. The van der Waals surface area contributed by atoms with E-state index in [1.54, 1.807) is 4.90 Å². The van der Waals surface area contributed by atoms with Crippen LogP contribution in [-0.2, 0) is 9.59 Å². The summed E-state index contributed by atoms with van der Waals surface area (Å²) < 4.78 is 0. The van der Waals surface area contributed by atoms with Gasteiger partial charge in [0.2, 0.25) is 11.8 Å². The van der Waals surface area contributed by atoms with Gasteiger partial charge in [-0.05, 0) is 32.1 Å². The van der Waals surface area contributed by atoms with Gasteiger partial charge in [0.15, 0.2) is 0 Å². The molecule has 1 N–H and O–H groups in total. The van der Waals surface area contributed by atoms with Crippen LogP contribution in [0.3, 0.4) is 0 Å². The van der Waals surface area contributed by atoms with E-state index in [2.05, 4.69) is 5.32 Å². The van der Waals surface area contributed by atoms with Crippen LogP contribution < -0.4 is 5.32 Å². The smallest absolute Gasteiger partial charge is 0.248 e. The van der Waals surface area contributed by atoms with Crippen LogP contribution in [0.2, 0.25) is 0 Å². The molecule has 0 radical (unpaired) electrons. The third-order valence-corrected chi connectivity index (χ3v) is 3.95. The first-order valence-electron chi connectivity index (χ1n) is 6.65. The van der Waals surface area contributed by atoms with Crippen molar-refractivity contribution in [3.8, 4) is 0 Å². The molecule has 4 nitrogen and oxygen atoms in total. The van der Waals surface area contributed by atoms with Gasteiger partial charge in [-0.3, -0.25) is 9.59 Å². The summed E-state index contributed by atoms with van der Waals surface area (Å²) in [6.45, 7) is 4.73. The van der Waals surface area contributed by atoms with Crippen molar-refractivity contribution < 1.29 is 9.59 Å². The molecule has 2 rings (SSSR count). The highest BCUT2D eigenvalue weighted by molar-refractivity contribution is 5.97. The molecule has 0 aromatic carbocycles. The van der Waals surface area contributed by atoms with E-state index in [0.29, 0.717) is 6.42 Å². The van der Waals surface area contributed by atoms with Crippen LogP contribution in [0.5, 0.6) is 0 Å². The van der Waals surface area contributed by atoms with Crippen molar-refractivity contribution in [1.82, 2.24) is 10.2 Å². The Morgan fingerprint density at radius 3 is 2.71 bits per heavy atom. The zero-order chi connectivity index (χ0) is 12.5. The lowest BCUT2D eigenvalue weighted by Crippen LogP contribution is -2.65. The first-order chi connectivity index (χ1) is 8.05. The average Bonchev–Trinajstić information content (AvgIpc) is 3.09. The molecular weight excluding hydrogens is 216 g/mol. The van der Waals surface area contributed by atoms with Gasteiger partial charge in [-0.15, -0.1) is 0 Å². The van der Waals surface area contributed by atoms with Crippen LogP contribution in [0.25, 0.3) is 0 Å². The van der Waals surface area contributed by atoms with Gasteiger partial charge in [-0.2, -0.15) is 0 Å². The SMILES string of the molecule is CCC1(C)NC(=O)CN(CCCC2CC2)C1=O. The lowest BCUT2D eigenvalue weighted by molar-refractivity contribution is -0.149. The van der Waals surface area contributed by atoms with Gasteiger partial charge in [0.25, 0.3) is 0 Å². The highest BCUT2D eigenvalue weighted by Crippen LogP contribution is 2.33. The molecule has 1 unspecified atom stereocenters. The topological polar surface area (TPSA) is 49.4 Å². The molecule has 1 heterocycles. The fraction of sp³-hybridized carbons (Fsp3) is 0.846. The van der Waals surface area contributed by atoms with E-state index in [4.69, 9.17) is 0 Å². The summed E-state index contributed by atoms with van der Waals surface area (Å²) in [7, 11) is 0. The van der Waals surface area contributed by atoms with Crippen molar-refractivity contribution in [2.24, 2.45) is 5.92 Å². The molecule has 1 saturated heterocycles. The van der Waals surface area contributed by atoms with Crippen LogP contribution >= 0.6 is 0 Å². The van der Waals surface area contributed by atoms with Crippen molar-refractivity contribution in [3.63, 3.8) is 0 Å². The molecule has 1 aliphatic heterocycles. The summed E-state index contributed by atoms with van der Waals surface area (Å²) in [5.74, 6) is 0.942. The van der Waals surface area contributed by atoms with Crippen LogP contribution in [0.1, 0.15) is 46.0 Å². The monoisotopic (exact) mass is 238 g/mol. The lowest BCUT2D eigenvalue weighted by Gasteiger charge is -2.39. The minimum atomic E-state index is -0.686. The molecule has 1 aliphatic carbocycles. The predicted molar refractivity (Wildman–Crippen MR) is 65.4 cm³/mol. The third kappa shape index (κ3) is 2.79. The maximum atomic E-state index is 12.2. The first kappa shape index (κ1) is 12.4. The van der Waals surface area contributed by atoms with Crippen LogP contribution in [0.4, 0.5) is 0 Å². The third-order valence-electron chi connectivity index (χ3n) is 3.95. The largest absolute Gasteiger partial charge is 0.340 e. The maximum absolute atomic E-state index is 12.2. The molecular formula is C13H22N2O2. The van der Waals surface area contributed by atoms with Gasteiger partial charge in [-0.25, -0.2) is 0 Å². The molecule has 4 heteroatoms. The number of amides is 2. The number of rotatable bonds is 5. The van der Waals surface area contributed by atoms with Crippen LogP contribution in [0, 0.1) is 5.92 Å². The second kappa shape index (κ2) is 4.67. The second-order valence-electron chi connectivity index (χ2n) is 5.55. The number of piperazine rings is 1. The Hall–Kier alpha value is -1.06. The highest BCUT2D eigenvalue weighted by Gasteiger charge is 2.41. The number of hydrogen-bond donors (Lipinski definition) is 1. The Balaban J connectivity index is 1.90. The Morgan fingerprint density at radius 1 is 1.41 bits per heavy atom. The number of nitrogens with zero attached hydrogens (tertiary/aromatic N) is 1. The van der Waals surface area contributed by atoms with Gasteiger partial charge in [0, 0.05) is 6.54 Å². The minimum absolute atomic E-state index is 0.0274. The summed E-state index contributed by atoms with van der Waals surface area (Å²) in [5, 5.41) is 2.80. The Bertz CT molecular complexity index is 325. The second-order valence-corrected chi connectivity index (χ2v) is 5.55. The average molecular weight is 238 g/mol. The Morgan fingerprint density at radius 2 is 2.12 bits per heavy atom. The maximum Gasteiger partial charge on any atom is 0.248 e. The van der Waals surface area contributed by atoms with Gasteiger partial charge >= 0.3 is 0 Å². The van der Waals surface area contributed by atoms with E-state index >= 15 is 0 Å². The lowest BCUT2D eigenvalue weighted by atomic mass is 9.94. The normalized spacial score (nSPS) is 29.4. The molecule has 17 heavy (non-hydrogen) atoms. The zero-order valence-corrected chi connectivity index (χ0v) is 10.8. The van der Waals surface area contributed by atoms with Crippen LogP contribution in [0.15, 0.2) is 0 Å². The molecule has 2 aliphatic rings. The standard InChI is InChI=1S/C13H22N2O2/c1-3-13(2)12(17)15(9-11(16)14-13)8-4-5-10-6-7-10/h10H,3-9H2,1-2H3,(H,14,16). The van der Waals surface area contributed by atoms with E-state index in [1.807, 2.05) is 13.8 Å². The molecule has 96 valence electrons. The van der Waals surface area contributed by atoms with Gasteiger partial charge < -0.3 is 10.2 Å². The predicted octanol–water partition coefficient (Wildman–Crippen LogP) is 1.30. The van der Waals surface area contributed by atoms with Gasteiger partial charge in [0.05, 0.1) is 6.54 Å². The van der Waals surface area contributed by atoms with Crippen LogP contribution in [-0.4, -0.2) is 35.3 Å². The number of hydrogen-bond acceptors (Lipinski definition) is 2. The Kier molecular flexibility index (Phi) is 3.40. The molecule has 2 fully saturated rings. The molecule has 0 spiro atoms.